The highest BCUT2D eigenvalue weighted by Gasteiger charge is 2.21. The largest absolute Gasteiger partial charge is 0.505 e. The van der Waals surface area contributed by atoms with Crippen molar-refractivity contribution in [2.24, 2.45) is 10.2 Å². The van der Waals surface area contributed by atoms with Crippen molar-refractivity contribution in [3.8, 4) is 28.4 Å². The fraction of sp³-hybridized carbons (Fsp3) is 0.129. The van der Waals surface area contributed by atoms with Gasteiger partial charge in [0.15, 0.2) is 11.4 Å². The molecule has 0 aliphatic carbocycles. The Labute approximate surface area is 220 Å². The Morgan fingerprint density at radius 3 is 2.26 bits per heavy atom. The number of phenols is 1. The van der Waals surface area contributed by atoms with Crippen LogP contribution in [-0.2, 0) is 0 Å². The van der Waals surface area contributed by atoms with Gasteiger partial charge in [0.2, 0.25) is 5.88 Å². The molecule has 3 N–H and O–H groups in total. The quantitative estimate of drug-likeness (QED) is 0.210. The number of hydrogen-bond donors (Lipinski definition) is 3. The second-order valence-electron chi connectivity index (χ2n) is 9.44. The molecular weight excluding hydrogens is 478 g/mol. The van der Waals surface area contributed by atoms with Crippen LogP contribution in [0.3, 0.4) is 0 Å². The maximum absolute atomic E-state index is 11.4. The van der Waals surface area contributed by atoms with E-state index in [9.17, 15) is 20.1 Å². The van der Waals surface area contributed by atoms with Crippen LogP contribution in [0.25, 0.3) is 27.7 Å². The smallest absolute Gasteiger partial charge is 0.335 e. The molecular formula is C31H27N3O4. The number of azo groups is 1. The van der Waals surface area contributed by atoms with Crippen molar-refractivity contribution in [3.05, 3.63) is 101 Å². The number of aromatic nitrogens is 1. The highest BCUT2D eigenvalue weighted by molar-refractivity contribution is 5.99. The minimum atomic E-state index is -1.05. The molecule has 1 aromatic heterocycles. The van der Waals surface area contributed by atoms with Gasteiger partial charge in [0.25, 0.3) is 0 Å². The van der Waals surface area contributed by atoms with Gasteiger partial charge in [-0.15, -0.1) is 10.2 Å². The average molecular weight is 506 g/mol. The molecule has 7 heteroatoms. The van der Waals surface area contributed by atoms with E-state index >= 15 is 0 Å². The van der Waals surface area contributed by atoms with Gasteiger partial charge in [-0.1, -0.05) is 42.5 Å². The van der Waals surface area contributed by atoms with E-state index in [4.69, 9.17) is 0 Å². The van der Waals surface area contributed by atoms with Gasteiger partial charge in [-0.05, 0) is 85.8 Å². The predicted octanol–water partition coefficient (Wildman–Crippen LogP) is 8.06. The first-order valence-electron chi connectivity index (χ1n) is 12.2. The average Bonchev–Trinajstić information content (AvgIpc) is 3.19. The maximum atomic E-state index is 11.4. The molecule has 7 nitrogen and oxygen atoms in total. The van der Waals surface area contributed by atoms with Crippen LogP contribution in [0, 0.1) is 27.7 Å². The summed E-state index contributed by atoms with van der Waals surface area (Å²) in [6.45, 7) is 8.10. The fourth-order valence-corrected chi connectivity index (χ4v) is 4.60. The van der Waals surface area contributed by atoms with E-state index in [1.165, 1.54) is 12.1 Å². The summed E-state index contributed by atoms with van der Waals surface area (Å²) in [6.07, 6.45) is 0. The van der Waals surface area contributed by atoms with E-state index < -0.39 is 5.97 Å². The number of rotatable bonds is 5. The summed E-state index contributed by atoms with van der Waals surface area (Å²) in [4.78, 5) is 11.4. The monoisotopic (exact) mass is 505 g/mol. The lowest BCUT2D eigenvalue weighted by Crippen LogP contribution is -1.97. The zero-order chi connectivity index (χ0) is 27.1. The van der Waals surface area contributed by atoms with E-state index in [-0.39, 0.29) is 22.9 Å². The molecule has 4 aromatic carbocycles. The van der Waals surface area contributed by atoms with Gasteiger partial charge in [-0.2, -0.15) is 0 Å². The number of aromatic carboxylic acids is 1. The van der Waals surface area contributed by atoms with Gasteiger partial charge in [0.05, 0.1) is 11.1 Å². The molecule has 0 aliphatic heterocycles. The lowest BCUT2D eigenvalue weighted by atomic mass is 10.0. The van der Waals surface area contributed by atoms with E-state index in [1.54, 1.807) is 34.9 Å². The predicted molar refractivity (Wildman–Crippen MR) is 149 cm³/mol. The molecule has 0 fully saturated rings. The summed E-state index contributed by atoms with van der Waals surface area (Å²) >= 11 is 0. The van der Waals surface area contributed by atoms with Gasteiger partial charge in [-0.3, -0.25) is 4.57 Å². The maximum Gasteiger partial charge on any atom is 0.335 e. The second kappa shape index (κ2) is 9.52. The zero-order valence-corrected chi connectivity index (χ0v) is 21.5. The Morgan fingerprint density at radius 2 is 1.53 bits per heavy atom. The van der Waals surface area contributed by atoms with Crippen molar-refractivity contribution < 1.29 is 20.1 Å². The molecule has 190 valence electrons. The number of fused-ring (bicyclic) bond motifs is 1. The van der Waals surface area contributed by atoms with Crippen LogP contribution in [0.1, 0.15) is 32.6 Å². The summed E-state index contributed by atoms with van der Waals surface area (Å²) in [5.74, 6) is -1.24. The second-order valence-corrected chi connectivity index (χ2v) is 9.44. The van der Waals surface area contributed by atoms with Gasteiger partial charge in [-0.25, -0.2) is 4.79 Å². The first kappa shape index (κ1) is 24.8. The number of para-hydroxylation sites is 1. The van der Waals surface area contributed by atoms with Crippen molar-refractivity contribution >= 4 is 28.2 Å². The summed E-state index contributed by atoms with van der Waals surface area (Å²) < 4.78 is 1.78. The first-order valence-corrected chi connectivity index (χ1v) is 12.2. The molecule has 0 amide bonds. The third-order valence-corrected chi connectivity index (χ3v) is 7.05. The molecule has 1 heterocycles. The molecule has 0 atom stereocenters. The molecule has 5 aromatic rings. The summed E-state index contributed by atoms with van der Waals surface area (Å²) in [6, 6.07) is 21.2. The number of hydrogen-bond acceptors (Lipinski definition) is 5. The van der Waals surface area contributed by atoms with Crippen LogP contribution in [0.2, 0.25) is 0 Å². The Kier molecular flexibility index (Phi) is 6.20. The van der Waals surface area contributed by atoms with Gasteiger partial charge < -0.3 is 15.3 Å². The summed E-state index contributed by atoms with van der Waals surface area (Å²) in [7, 11) is 0. The van der Waals surface area contributed by atoms with Crippen molar-refractivity contribution in [1.82, 2.24) is 4.57 Å². The zero-order valence-electron chi connectivity index (χ0n) is 21.5. The Balaban J connectivity index is 1.65. The van der Waals surface area contributed by atoms with Crippen LogP contribution in [0.15, 0.2) is 83.0 Å². The van der Waals surface area contributed by atoms with Crippen molar-refractivity contribution in [1.29, 1.82) is 0 Å². The number of nitrogens with zero attached hydrogens (tertiary/aromatic N) is 3. The van der Waals surface area contributed by atoms with E-state index in [0.29, 0.717) is 16.8 Å². The minimum absolute atomic E-state index is 0.0505. The third-order valence-electron chi connectivity index (χ3n) is 7.05. The lowest BCUT2D eigenvalue weighted by Gasteiger charge is -2.12. The number of phenolic OH excluding ortho intramolecular Hbond substituents is 1. The fourth-order valence-electron chi connectivity index (χ4n) is 4.60. The third kappa shape index (κ3) is 4.18. The number of aromatic hydroxyl groups is 2. The molecule has 5 rings (SSSR count). The van der Waals surface area contributed by atoms with Gasteiger partial charge in [0.1, 0.15) is 5.69 Å². The van der Waals surface area contributed by atoms with Crippen LogP contribution in [0.5, 0.6) is 11.6 Å². The highest BCUT2D eigenvalue weighted by atomic mass is 16.4. The van der Waals surface area contributed by atoms with E-state index in [1.807, 2.05) is 58.0 Å². The topological polar surface area (TPSA) is 107 Å². The number of carboxylic acid groups (broad SMARTS) is 1. The molecule has 0 saturated carbocycles. The van der Waals surface area contributed by atoms with E-state index in [2.05, 4.69) is 10.2 Å². The van der Waals surface area contributed by atoms with E-state index in [0.717, 1.165) is 38.8 Å². The van der Waals surface area contributed by atoms with Crippen LogP contribution in [-0.4, -0.2) is 25.9 Å². The van der Waals surface area contributed by atoms with Gasteiger partial charge in [0, 0.05) is 16.6 Å². The molecule has 0 saturated heterocycles. The Bertz CT molecular complexity index is 1770. The molecule has 0 aliphatic rings. The SMILES string of the molecule is Cc1ccc(-n2c(O)c(N=Nc3cccc(-c4cccc(C(=O)O)c4)c3O)c3ccc(C)c(C)c32)cc1C. The number of carboxylic acids is 1. The minimum Gasteiger partial charge on any atom is -0.505 e. The molecule has 0 bridgehead atoms. The molecule has 0 unspecified atom stereocenters. The molecule has 38 heavy (non-hydrogen) atoms. The Morgan fingerprint density at radius 1 is 0.789 bits per heavy atom. The van der Waals surface area contributed by atoms with Gasteiger partial charge >= 0.3 is 5.97 Å². The number of aryl methyl sites for hydroxylation is 4. The van der Waals surface area contributed by atoms with Crippen LogP contribution >= 0.6 is 0 Å². The highest BCUT2D eigenvalue weighted by Crippen LogP contribution is 2.45. The van der Waals surface area contributed by atoms with Crippen molar-refractivity contribution in [2.75, 3.05) is 0 Å². The summed E-state index contributed by atoms with van der Waals surface area (Å²) in [5.41, 5.74) is 7.57. The lowest BCUT2D eigenvalue weighted by molar-refractivity contribution is 0.0697. The van der Waals surface area contributed by atoms with Crippen molar-refractivity contribution in [3.63, 3.8) is 0 Å². The first-order chi connectivity index (χ1) is 18.2. The molecule has 0 spiro atoms. The summed E-state index contributed by atoms with van der Waals surface area (Å²) in [5, 5.41) is 41.2. The van der Waals surface area contributed by atoms with Crippen molar-refractivity contribution in [2.45, 2.75) is 27.7 Å². The standard InChI is InChI=1S/C31H27N3O4/c1-17-11-13-23(15-19(17)3)34-28-20(4)18(2)12-14-25(28)27(30(34)36)33-32-26-10-6-9-24(29(26)35)21-7-5-8-22(16-21)31(37)38/h5-16,35-36H,1-4H3,(H,37,38). The number of carbonyl (C=O) groups is 1. The number of benzene rings is 4. The van der Waals surface area contributed by atoms with Crippen LogP contribution < -0.4 is 0 Å². The van der Waals surface area contributed by atoms with Crippen LogP contribution in [0.4, 0.5) is 11.4 Å². The molecule has 0 radical (unpaired) electrons. The normalized spacial score (nSPS) is 11.5. The Hall–Kier alpha value is -4.91.